The first-order valence-corrected chi connectivity index (χ1v) is 6.24. The zero-order chi connectivity index (χ0) is 12.1. The van der Waals surface area contributed by atoms with Crippen LogP contribution in [0, 0.1) is 6.92 Å². The molecule has 2 rings (SSSR count). The maximum atomic E-state index is 5.00. The first-order chi connectivity index (χ1) is 8.29. The van der Waals surface area contributed by atoms with Crippen LogP contribution in [0.25, 0.3) is 0 Å². The summed E-state index contributed by atoms with van der Waals surface area (Å²) in [6.07, 6.45) is 0. The summed E-state index contributed by atoms with van der Waals surface area (Å²) in [5.74, 6) is 1.52. The summed E-state index contributed by atoms with van der Waals surface area (Å²) in [6, 6.07) is 1.91. The highest BCUT2D eigenvalue weighted by molar-refractivity contribution is 7.98. The molecule has 7 nitrogen and oxygen atoms in total. The largest absolute Gasteiger partial charge is 0.361 e. The Labute approximate surface area is 103 Å². The molecule has 2 heterocycles. The monoisotopic (exact) mass is 254 g/mol. The topological polar surface area (TPSA) is 81.7 Å². The Bertz CT molecular complexity index is 468. The molecule has 0 aliphatic rings. The second-order valence-corrected chi connectivity index (χ2v) is 4.45. The van der Waals surface area contributed by atoms with Crippen LogP contribution < -0.4 is 5.32 Å². The fourth-order valence-electron chi connectivity index (χ4n) is 1.28. The molecule has 17 heavy (non-hydrogen) atoms. The van der Waals surface area contributed by atoms with Gasteiger partial charge in [0.1, 0.15) is 5.76 Å². The minimum atomic E-state index is 0.706. The smallest absolute Gasteiger partial charge is 0.209 e. The van der Waals surface area contributed by atoms with Crippen LogP contribution in [0.5, 0.6) is 0 Å². The van der Waals surface area contributed by atoms with Crippen LogP contribution in [0.4, 0.5) is 0 Å². The van der Waals surface area contributed by atoms with E-state index >= 15 is 0 Å². The lowest BCUT2D eigenvalue weighted by molar-refractivity contribution is 0.393. The van der Waals surface area contributed by atoms with Gasteiger partial charge in [-0.1, -0.05) is 16.9 Å². The summed E-state index contributed by atoms with van der Waals surface area (Å²) in [5, 5.41) is 19.3. The van der Waals surface area contributed by atoms with E-state index in [1.54, 1.807) is 16.4 Å². The van der Waals surface area contributed by atoms with Crippen LogP contribution in [-0.2, 0) is 12.3 Å². The SMILES string of the molecule is CNCCn1nnnc1SCc1cc(C)on1. The third-order valence-electron chi connectivity index (χ3n) is 2.10. The molecule has 0 saturated heterocycles. The second-order valence-electron chi connectivity index (χ2n) is 3.51. The number of nitrogens with zero attached hydrogens (tertiary/aromatic N) is 5. The number of hydrogen-bond acceptors (Lipinski definition) is 7. The standard InChI is InChI=1S/C9H14N6OS/c1-7-5-8(12-16-7)6-17-9-11-13-14-15(9)4-3-10-2/h5,10H,3-4,6H2,1-2H3. The van der Waals surface area contributed by atoms with Gasteiger partial charge in [-0.2, -0.15) is 0 Å². The Morgan fingerprint density at radius 1 is 1.53 bits per heavy atom. The van der Waals surface area contributed by atoms with Crippen molar-refractivity contribution < 1.29 is 4.52 Å². The van der Waals surface area contributed by atoms with Crippen molar-refractivity contribution >= 4 is 11.8 Å². The van der Waals surface area contributed by atoms with Gasteiger partial charge >= 0.3 is 0 Å². The zero-order valence-corrected chi connectivity index (χ0v) is 10.6. The van der Waals surface area contributed by atoms with Crippen molar-refractivity contribution in [2.45, 2.75) is 24.4 Å². The van der Waals surface area contributed by atoms with Gasteiger partial charge < -0.3 is 9.84 Å². The number of aromatic nitrogens is 5. The molecular weight excluding hydrogens is 240 g/mol. The quantitative estimate of drug-likeness (QED) is 0.751. The van der Waals surface area contributed by atoms with Gasteiger partial charge in [0.2, 0.25) is 5.16 Å². The minimum absolute atomic E-state index is 0.706. The molecule has 0 aliphatic carbocycles. The highest BCUT2D eigenvalue weighted by Crippen LogP contribution is 2.19. The van der Waals surface area contributed by atoms with Gasteiger partial charge in [-0.25, -0.2) is 4.68 Å². The molecule has 92 valence electrons. The Morgan fingerprint density at radius 2 is 2.41 bits per heavy atom. The average Bonchev–Trinajstić information content (AvgIpc) is 2.92. The maximum Gasteiger partial charge on any atom is 0.209 e. The van der Waals surface area contributed by atoms with E-state index in [9.17, 15) is 0 Å². The van der Waals surface area contributed by atoms with Gasteiger partial charge in [-0.15, -0.1) is 5.10 Å². The molecule has 0 aliphatic heterocycles. The van der Waals surface area contributed by atoms with E-state index in [0.717, 1.165) is 29.7 Å². The maximum absolute atomic E-state index is 5.00. The molecule has 0 spiro atoms. The van der Waals surface area contributed by atoms with Crippen LogP contribution in [0.3, 0.4) is 0 Å². The number of tetrazole rings is 1. The number of nitrogens with one attached hydrogen (secondary N) is 1. The normalized spacial score (nSPS) is 10.9. The van der Waals surface area contributed by atoms with Crippen LogP contribution in [0.2, 0.25) is 0 Å². The molecule has 0 saturated carbocycles. The summed E-state index contributed by atoms with van der Waals surface area (Å²) < 4.78 is 6.77. The highest BCUT2D eigenvalue weighted by Gasteiger charge is 2.08. The Kier molecular flexibility index (Phi) is 4.10. The molecule has 0 aromatic carbocycles. The van der Waals surface area contributed by atoms with E-state index in [4.69, 9.17) is 4.52 Å². The molecule has 0 fully saturated rings. The summed E-state index contributed by atoms with van der Waals surface area (Å²) in [5.41, 5.74) is 0.899. The van der Waals surface area contributed by atoms with Crippen molar-refractivity contribution in [3.8, 4) is 0 Å². The van der Waals surface area contributed by atoms with Gasteiger partial charge in [0.15, 0.2) is 0 Å². The number of rotatable bonds is 6. The molecule has 0 atom stereocenters. The van der Waals surface area contributed by atoms with Crippen molar-refractivity contribution in [1.82, 2.24) is 30.7 Å². The van der Waals surface area contributed by atoms with E-state index in [0.29, 0.717) is 5.75 Å². The molecule has 0 bridgehead atoms. The van der Waals surface area contributed by atoms with Gasteiger partial charge in [0, 0.05) is 18.4 Å². The van der Waals surface area contributed by atoms with Crippen molar-refractivity contribution in [2.24, 2.45) is 0 Å². The van der Waals surface area contributed by atoms with Crippen molar-refractivity contribution in [3.05, 3.63) is 17.5 Å². The highest BCUT2D eigenvalue weighted by atomic mass is 32.2. The second kappa shape index (κ2) is 5.78. The van der Waals surface area contributed by atoms with E-state index < -0.39 is 0 Å². The van der Waals surface area contributed by atoms with Gasteiger partial charge in [-0.05, 0) is 24.4 Å². The predicted molar refractivity (Wildman–Crippen MR) is 62.5 cm³/mol. The Hall–Kier alpha value is -1.41. The van der Waals surface area contributed by atoms with Crippen molar-refractivity contribution in [3.63, 3.8) is 0 Å². The van der Waals surface area contributed by atoms with Gasteiger partial charge in [0.05, 0.1) is 12.2 Å². The van der Waals surface area contributed by atoms with Crippen molar-refractivity contribution in [2.75, 3.05) is 13.6 Å². The summed E-state index contributed by atoms with van der Waals surface area (Å²) >= 11 is 1.55. The lowest BCUT2D eigenvalue weighted by Crippen LogP contribution is -2.16. The zero-order valence-electron chi connectivity index (χ0n) is 9.75. The van der Waals surface area contributed by atoms with Crippen LogP contribution in [-0.4, -0.2) is 39.0 Å². The molecule has 1 N–H and O–H groups in total. The molecule has 0 amide bonds. The van der Waals surface area contributed by atoms with E-state index in [1.807, 2.05) is 20.0 Å². The number of hydrogen-bond donors (Lipinski definition) is 1. The number of aryl methyl sites for hydroxylation is 1. The summed E-state index contributed by atoms with van der Waals surface area (Å²) in [4.78, 5) is 0. The summed E-state index contributed by atoms with van der Waals surface area (Å²) in [7, 11) is 1.90. The summed E-state index contributed by atoms with van der Waals surface area (Å²) in [6.45, 7) is 3.46. The molecular formula is C9H14N6OS. The first kappa shape index (κ1) is 12.1. The molecule has 0 unspecified atom stereocenters. The van der Waals surface area contributed by atoms with Crippen LogP contribution in [0.1, 0.15) is 11.5 Å². The Balaban J connectivity index is 1.92. The van der Waals surface area contributed by atoms with Crippen molar-refractivity contribution in [1.29, 1.82) is 0 Å². The molecule has 2 aromatic heterocycles. The average molecular weight is 254 g/mol. The van der Waals surface area contributed by atoms with Gasteiger partial charge in [0.25, 0.3) is 0 Å². The molecule has 0 radical (unpaired) electrons. The Morgan fingerprint density at radius 3 is 3.12 bits per heavy atom. The van der Waals surface area contributed by atoms with Gasteiger partial charge in [-0.3, -0.25) is 0 Å². The third-order valence-corrected chi connectivity index (χ3v) is 3.09. The lowest BCUT2D eigenvalue weighted by Gasteiger charge is -2.02. The third kappa shape index (κ3) is 3.27. The van der Waals surface area contributed by atoms with E-state index in [1.165, 1.54) is 0 Å². The fraction of sp³-hybridized carbons (Fsp3) is 0.556. The fourth-order valence-corrected chi connectivity index (χ4v) is 2.07. The minimum Gasteiger partial charge on any atom is -0.361 e. The predicted octanol–water partition coefficient (Wildman–Crippen LogP) is 0.481. The van der Waals surface area contributed by atoms with Crippen LogP contribution >= 0.6 is 11.8 Å². The number of thioether (sulfide) groups is 1. The van der Waals surface area contributed by atoms with Crippen LogP contribution in [0.15, 0.2) is 15.7 Å². The number of likely N-dealkylation sites (N-methyl/N-ethyl adjacent to an activating group) is 1. The lowest BCUT2D eigenvalue weighted by atomic mass is 10.4. The molecule has 8 heteroatoms. The first-order valence-electron chi connectivity index (χ1n) is 5.25. The molecule has 2 aromatic rings. The van der Waals surface area contributed by atoms with E-state index in [-0.39, 0.29) is 0 Å². The van der Waals surface area contributed by atoms with E-state index in [2.05, 4.69) is 26.0 Å².